The second kappa shape index (κ2) is 5.92. The monoisotopic (exact) mass is 229 g/mol. The first kappa shape index (κ1) is 13.1. The molecule has 0 aromatic heterocycles. The summed E-state index contributed by atoms with van der Waals surface area (Å²) in [4.78, 5) is 0. The van der Waals surface area contributed by atoms with Gasteiger partial charge in [0.1, 0.15) is 11.6 Å². The van der Waals surface area contributed by atoms with Gasteiger partial charge in [0.25, 0.3) is 0 Å². The van der Waals surface area contributed by atoms with Crippen LogP contribution in [0.1, 0.15) is 31.9 Å². The first-order valence-electron chi connectivity index (χ1n) is 5.42. The molecule has 2 nitrogen and oxygen atoms in total. The summed E-state index contributed by atoms with van der Waals surface area (Å²) in [6.45, 7) is 4.17. The van der Waals surface area contributed by atoms with Gasteiger partial charge in [-0.25, -0.2) is 8.78 Å². The third kappa shape index (κ3) is 2.77. The standard InChI is InChI=1S/C12H17F2NO/c1-3-10(16-4-2)12(15)11-8(13)6-5-7-9(11)14/h5-7,10,12H,3-4,15H2,1-2H3. The van der Waals surface area contributed by atoms with Gasteiger partial charge in [-0.3, -0.25) is 0 Å². The predicted molar refractivity (Wildman–Crippen MR) is 59.0 cm³/mol. The molecular weight excluding hydrogens is 212 g/mol. The van der Waals surface area contributed by atoms with E-state index in [-0.39, 0.29) is 11.7 Å². The molecule has 0 radical (unpaired) electrons. The molecule has 0 heterocycles. The highest BCUT2D eigenvalue weighted by molar-refractivity contribution is 5.24. The smallest absolute Gasteiger partial charge is 0.131 e. The molecule has 0 aliphatic carbocycles. The quantitative estimate of drug-likeness (QED) is 0.842. The van der Waals surface area contributed by atoms with E-state index < -0.39 is 17.7 Å². The van der Waals surface area contributed by atoms with E-state index in [0.29, 0.717) is 13.0 Å². The normalized spacial score (nSPS) is 14.8. The molecule has 0 aliphatic heterocycles. The van der Waals surface area contributed by atoms with Crippen molar-refractivity contribution < 1.29 is 13.5 Å². The van der Waals surface area contributed by atoms with Gasteiger partial charge in [0.2, 0.25) is 0 Å². The van der Waals surface area contributed by atoms with Crippen LogP contribution in [0.4, 0.5) is 8.78 Å². The number of hydrogen-bond donors (Lipinski definition) is 1. The Morgan fingerprint density at radius 3 is 2.25 bits per heavy atom. The van der Waals surface area contributed by atoms with Crippen LogP contribution in [0.3, 0.4) is 0 Å². The molecule has 0 amide bonds. The molecule has 2 unspecified atom stereocenters. The molecular formula is C12H17F2NO. The number of rotatable bonds is 5. The minimum absolute atomic E-state index is 0.0946. The topological polar surface area (TPSA) is 35.2 Å². The van der Waals surface area contributed by atoms with Crippen molar-refractivity contribution in [3.63, 3.8) is 0 Å². The summed E-state index contributed by atoms with van der Waals surface area (Å²) in [5.74, 6) is -1.24. The third-order valence-electron chi connectivity index (χ3n) is 2.52. The predicted octanol–water partition coefficient (Wildman–Crippen LogP) is 2.78. The van der Waals surface area contributed by atoms with Crippen LogP contribution in [0, 0.1) is 11.6 Å². The maximum absolute atomic E-state index is 13.5. The zero-order chi connectivity index (χ0) is 12.1. The van der Waals surface area contributed by atoms with E-state index in [2.05, 4.69) is 0 Å². The van der Waals surface area contributed by atoms with Crippen molar-refractivity contribution in [2.45, 2.75) is 32.4 Å². The molecule has 1 aromatic carbocycles. The highest BCUT2D eigenvalue weighted by Gasteiger charge is 2.24. The number of benzene rings is 1. The van der Waals surface area contributed by atoms with Gasteiger partial charge in [-0.2, -0.15) is 0 Å². The molecule has 0 saturated carbocycles. The zero-order valence-corrected chi connectivity index (χ0v) is 9.54. The van der Waals surface area contributed by atoms with E-state index in [1.165, 1.54) is 18.2 Å². The first-order valence-corrected chi connectivity index (χ1v) is 5.42. The molecule has 0 saturated heterocycles. The second-order valence-corrected chi connectivity index (χ2v) is 3.56. The van der Waals surface area contributed by atoms with Gasteiger partial charge in [0.15, 0.2) is 0 Å². The van der Waals surface area contributed by atoms with Gasteiger partial charge in [-0.15, -0.1) is 0 Å². The van der Waals surface area contributed by atoms with Crippen molar-refractivity contribution in [1.29, 1.82) is 0 Å². The summed E-state index contributed by atoms with van der Waals surface area (Å²) in [6.07, 6.45) is 0.249. The average Bonchev–Trinajstić information content (AvgIpc) is 2.25. The van der Waals surface area contributed by atoms with Crippen LogP contribution in [0.25, 0.3) is 0 Å². The number of halogens is 2. The van der Waals surface area contributed by atoms with Gasteiger partial charge in [-0.05, 0) is 25.5 Å². The Kier molecular flexibility index (Phi) is 4.83. The Hall–Kier alpha value is -1.00. The largest absolute Gasteiger partial charge is 0.377 e. The number of ether oxygens (including phenoxy) is 1. The van der Waals surface area contributed by atoms with Crippen LogP contribution in [0.2, 0.25) is 0 Å². The van der Waals surface area contributed by atoms with Gasteiger partial charge in [0.05, 0.1) is 12.1 Å². The Labute approximate surface area is 94.4 Å². The Morgan fingerprint density at radius 1 is 1.25 bits per heavy atom. The molecule has 0 fully saturated rings. The summed E-state index contributed by atoms with van der Waals surface area (Å²) in [6, 6.07) is 2.96. The molecule has 1 rings (SSSR count). The van der Waals surface area contributed by atoms with Crippen LogP contribution < -0.4 is 5.73 Å². The lowest BCUT2D eigenvalue weighted by molar-refractivity contribution is 0.0397. The summed E-state index contributed by atoms with van der Waals surface area (Å²) < 4.78 is 32.3. The fraction of sp³-hybridized carbons (Fsp3) is 0.500. The lowest BCUT2D eigenvalue weighted by Gasteiger charge is -2.23. The van der Waals surface area contributed by atoms with Gasteiger partial charge in [0, 0.05) is 12.2 Å². The zero-order valence-electron chi connectivity index (χ0n) is 9.54. The number of nitrogens with two attached hydrogens (primary N) is 1. The minimum atomic E-state index is -0.772. The van der Waals surface area contributed by atoms with E-state index in [1.54, 1.807) is 0 Å². The van der Waals surface area contributed by atoms with Crippen LogP contribution >= 0.6 is 0 Å². The molecule has 4 heteroatoms. The van der Waals surface area contributed by atoms with Gasteiger partial charge in [-0.1, -0.05) is 13.0 Å². The first-order chi connectivity index (χ1) is 7.61. The summed E-state index contributed by atoms with van der Waals surface area (Å²) in [7, 11) is 0. The Morgan fingerprint density at radius 2 is 1.81 bits per heavy atom. The minimum Gasteiger partial charge on any atom is -0.377 e. The van der Waals surface area contributed by atoms with E-state index in [1.807, 2.05) is 13.8 Å². The second-order valence-electron chi connectivity index (χ2n) is 3.56. The molecule has 16 heavy (non-hydrogen) atoms. The SMILES string of the molecule is CCOC(CC)C(N)c1c(F)cccc1F. The fourth-order valence-electron chi connectivity index (χ4n) is 1.70. The molecule has 0 aliphatic rings. The molecule has 2 N–H and O–H groups in total. The van der Waals surface area contributed by atoms with Crippen molar-refractivity contribution in [1.82, 2.24) is 0 Å². The molecule has 2 atom stereocenters. The Balaban J connectivity index is 2.98. The van der Waals surface area contributed by atoms with E-state index in [9.17, 15) is 8.78 Å². The maximum atomic E-state index is 13.5. The third-order valence-corrected chi connectivity index (χ3v) is 2.52. The number of hydrogen-bond acceptors (Lipinski definition) is 2. The van der Waals surface area contributed by atoms with Crippen molar-refractivity contribution >= 4 is 0 Å². The molecule has 0 bridgehead atoms. The fourth-order valence-corrected chi connectivity index (χ4v) is 1.70. The molecule has 0 spiro atoms. The van der Waals surface area contributed by atoms with Crippen LogP contribution in [-0.2, 0) is 4.74 Å². The van der Waals surface area contributed by atoms with Crippen LogP contribution in [0.5, 0.6) is 0 Å². The Bertz CT molecular complexity index is 324. The molecule has 1 aromatic rings. The van der Waals surface area contributed by atoms with Crippen molar-refractivity contribution in [2.24, 2.45) is 5.73 Å². The lowest BCUT2D eigenvalue weighted by Crippen LogP contribution is -2.30. The van der Waals surface area contributed by atoms with Crippen LogP contribution in [0.15, 0.2) is 18.2 Å². The highest BCUT2D eigenvalue weighted by Crippen LogP contribution is 2.24. The van der Waals surface area contributed by atoms with Gasteiger partial charge >= 0.3 is 0 Å². The van der Waals surface area contributed by atoms with Gasteiger partial charge < -0.3 is 10.5 Å². The lowest BCUT2D eigenvalue weighted by atomic mass is 9.99. The summed E-state index contributed by atoms with van der Waals surface area (Å²) in [5.41, 5.74) is 5.74. The summed E-state index contributed by atoms with van der Waals surface area (Å²) in [5, 5.41) is 0. The van der Waals surface area contributed by atoms with E-state index >= 15 is 0 Å². The molecule has 90 valence electrons. The van der Waals surface area contributed by atoms with Crippen molar-refractivity contribution in [3.05, 3.63) is 35.4 Å². The van der Waals surface area contributed by atoms with Crippen LogP contribution in [-0.4, -0.2) is 12.7 Å². The average molecular weight is 229 g/mol. The van der Waals surface area contributed by atoms with E-state index in [0.717, 1.165) is 0 Å². The maximum Gasteiger partial charge on any atom is 0.131 e. The highest BCUT2D eigenvalue weighted by atomic mass is 19.1. The summed E-state index contributed by atoms with van der Waals surface area (Å²) >= 11 is 0. The van der Waals surface area contributed by atoms with E-state index in [4.69, 9.17) is 10.5 Å². The van der Waals surface area contributed by atoms with Crippen molar-refractivity contribution in [3.8, 4) is 0 Å². The van der Waals surface area contributed by atoms with Crippen molar-refractivity contribution in [2.75, 3.05) is 6.61 Å².